The second kappa shape index (κ2) is 10.6. The van der Waals surface area contributed by atoms with Gasteiger partial charge < -0.3 is 9.73 Å². The molecular formula is C27H18ClFN4O2S. The molecule has 3 aromatic carbocycles. The second-order valence-corrected chi connectivity index (χ2v) is 8.90. The average Bonchev–Trinajstić information content (AvgIpc) is 3.56. The molecule has 5 rings (SSSR count). The van der Waals surface area contributed by atoms with Gasteiger partial charge in [-0.1, -0.05) is 41.9 Å². The number of halogens is 2. The van der Waals surface area contributed by atoms with Crippen molar-refractivity contribution >= 4 is 45.9 Å². The highest BCUT2D eigenvalue weighted by molar-refractivity contribution is 7.14. The summed E-state index contributed by atoms with van der Waals surface area (Å²) < 4.78 is 19.0. The molecule has 0 bridgehead atoms. The molecule has 2 heterocycles. The van der Waals surface area contributed by atoms with Crippen molar-refractivity contribution in [2.24, 2.45) is 5.10 Å². The van der Waals surface area contributed by atoms with Crippen LogP contribution >= 0.6 is 22.9 Å². The first-order valence-electron chi connectivity index (χ1n) is 10.8. The van der Waals surface area contributed by atoms with Crippen molar-refractivity contribution in [3.8, 4) is 22.6 Å². The topological polar surface area (TPSA) is 79.5 Å². The van der Waals surface area contributed by atoms with Crippen LogP contribution in [-0.4, -0.2) is 17.1 Å². The molecule has 2 N–H and O–H groups in total. The lowest BCUT2D eigenvalue weighted by atomic mass is 10.1. The van der Waals surface area contributed by atoms with Crippen LogP contribution in [0.25, 0.3) is 22.6 Å². The molecule has 0 saturated heterocycles. The Kier molecular flexibility index (Phi) is 6.88. The first-order chi connectivity index (χ1) is 17.5. The number of hydrogen-bond donors (Lipinski definition) is 2. The van der Waals surface area contributed by atoms with Crippen LogP contribution in [0.1, 0.15) is 16.1 Å². The standard InChI is InChI=1S/C27H18ClFN4O2S/c28-22-14-19(10-12-23(22)29)25-13-11-21(35-25)15-30-33-26(34)18-8-6-17(7-9-18)24-16-36-27(32-24)31-20-4-2-1-3-5-20/h1-16H,(H,31,32)(H,33,34)/b30-15+. The van der Waals surface area contributed by atoms with Gasteiger partial charge in [-0.05, 0) is 54.6 Å². The summed E-state index contributed by atoms with van der Waals surface area (Å²) in [5.41, 5.74) is 6.25. The fourth-order valence-electron chi connectivity index (χ4n) is 3.35. The number of anilines is 2. The first kappa shape index (κ1) is 23.5. The Hall–Kier alpha value is -4.27. The van der Waals surface area contributed by atoms with Gasteiger partial charge in [0.2, 0.25) is 0 Å². The zero-order valence-corrected chi connectivity index (χ0v) is 20.2. The lowest BCUT2D eigenvalue weighted by Gasteiger charge is -2.02. The fourth-order valence-corrected chi connectivity index (χ4v) is 4.27. The van der Waals surface area contributed by atoms with Crippen LogP contribution in [0, 0.1) is 5.82 Å². The van der Waals surface area contributed by atoms with Crippen LogP contribution in [-0.2, 0) is 0 Å². The van der Waals surface area contributed by atoms with E-state index in [-0.39, 0.29) is 10.9 Å². The molecule has 178 valence electrons. The van der Waals surface area contributed by atoms with Crippen molar-refractivity contribution in [1.82, 2.24) is 10.4 Å². The van der Waals surface area contributed by atoms with E-state index in [1.165, 1.54) is 29.7 Å². The van der Waals surface area contributed by atoms with E-state index in [0.29, 0.717) is 22.6 Å². The van der Waals surface area contributed by atoms with Crippen molar-refractivity contribution in [1.29, 1.82) is 0 Å². The van der Waals surface area contributed by atoms with Crippen molar-refractivity contribution < 1.29 is 13.6 Å². The minimum Gasteiger partial charge on any atom is -0.455 e. The Morgan fingerprint density at radius 1 is 1.00 bits per heavy atom. The highest BCUT2D eigenvalue weighted by Crippen LogP contribution is 2.28. The molecule has 9 heteroatoms. The number of carbonyl (C=O) groups excluding carboxylic acids is 1. The number of thiazole rings is 1. The number of rotatable bonds is 7. The van der Waals surface area contributed by atoms with E-state index >= 15 is 0 Å². The predicted octanol–water partition coefficient (Wildman–Crippen LogP) is 7.37. The minimum absolute atomic E-state index is 0.0106. The summed E-state index contributed by atoms with van der Waals surface area (Å²) in [6.45, 7) is 0. The van der Waals surface area contributed by atoms with Crippen molar-refractivity contribution in [3.63, 3.8) is 0 Å². The Morgan fingerprint density at radius 2 is 1.78 bits per heavy atom. The maximum Gasteiger partial charge on any atom is 0.271 e. The molecule has 0 fully saturated rings. The number of para-hydroxylation sites is 1. The third kappa shape index (κ3) is 5.51. The third-order valence-corrected chi connectivity index (χ3v) is 6.21. The molecule has 0 saturated carbocycles. The summed E-state index contributed by atoms with van der Waals surface area (Å²) in [5.74, 6) is 0.0643. The molecule has 36 heavy (non-hydrogen) atoms. The Bertz CT molecular complexity index is 1530. The minimum atomic E-state index is -0.499. The summed E-state index contributed by atoms with van der Waals surface area (Å²) in [6, 6.07) is 24.7. The molecule has 0 radical (unpaired) electrons. The smallest absolute Gasteiger partial charge is 0.271 e. The van der Waals surface area contributed by atoms with Gasteiger partial charge >= 0.3 is 0 Å². The van der Waals surface area contributed by atoms with E-state index in [0.717, 1.165) is 22.1 Å². The van der Waals surface area contributed by atoms with Gasteiger partial charge in [-0.3, -0.25) is 4.79 Å². The number of hydrogen-bond acceptors (Lipinski definition) is 6. The van der Waals surface area contributed by atoms with Crippen molar-refractivity contribution in [2.45, 2.75) is 0 Å². The normalized spacial score (nSPS) is 11.1. The van der Waals surface area contributed by atoms with Crippen molar-refractivity contribution in [2.75, 3.05) is 5.32 Å². The zero-order chi connectivity index (χ0) is 24.9. The number of hydrazone groups is 1. The number of carbonyl (C=O) groups is 1. The Balaban J connectivity index is 1.19. The third-order valence-electron chi connectivity index (χ3n) is 5.16. The Labute approximate surface area is 215 Å². The maximum absolute atomic E-state index is 13.4. The van der Waals surface area contributed by atoms with Gasteiger partial charge in [0, 0.05) is 27.8 Å². The van der Waals surface area contributed by atoms with E-state index in [9.17, 15) is 9.18 Å². The molecule has 6 nitrogen and oxygen atoms in total. The molecule has 0 aliphatic carbocycles. The van der Waals surface area contributed by atoms with E-state index in [2.05, 4.69) is 20.8 Å². The predicted molar refractivity (Wildman–Crippen MR) is 141 cm³/mol. The first-order valence-corrected chi connectivity index (χ1v) is 12.1. The van der Waals surface area contributed by atoms with E-state index in [4.69, 9.17) is 16.0 Å². The van der Waals surface area contributed by atoms with Gasteiger partial charge in [0.25, 0.3) is 5.91 Å². The Morgan fingerprint density at radius 3 is 2.56 bits per heavy atom. The summed E-state index contributed by atoms with van der Waals surface area (Å²) in [6.07, 6.45) is 1.39. The fraction of sp³-hybridized carbons (Fsp3) is 0. The highest BCUT2D eigenvalue weighted by atomic mass is 35.5. The molecule has 2 aromatic heterocycles. The molecule has 1 amide bonds. The number of nitrogens with one attached hydrogen (secondary N) is 2. The number of furan rings is 1. The molecule has 0 aliphatic rings. The van der Waals surface area contributed by atoms with Crippen LogP contribution < -0.4 is 10.7 Å². The molecule has 0 spiro atoms. The lowest BCUT2D eigenvalue weighted by Crippen LogP contribution is -2.17. The van der Waals surface area contributed by atoms with Crippen LogP contribution in [0.2, 0.25) is 5.02 Å². The van der Waals surface area contributed by atoms with Gasteiger partial charge in [0.05, 0.1) is 16.9 Å². The largest absolute Gasteiger partial charge is 0.455 e. The molecule has 0 unspecified atom stereocenters. The lowest BCUT2D eigenvalue weighted by molar-refractivity contribution is 0.0955. The zero-order valence-electron chi connectivity index (χ0n) is 18.6. The monoisotopic (exact) mass is 516 g/mol. The van der Waals surface area contributed by atoms with Gasteiger partial charge in [-0.15, -0.1) is 11.3 Å². The summed E-state index contributed by atoms with van der Waals surface area (Å²) in [4.78, 5) is 17.1. The van der Waals surface area contributed by atoms with Gasteiger partial charge in [0.1, 0.15) is 17.3 Å². The maximum atomic E-state index is 13.4. The number of nitrogens with zero attached hydrogens (tertiary/aromatic N) is 2. The summed E-state index contributed by atoms with van der Waals surface area (Å²) in [5, 5.41) is 9.99. The SMILES string of the molecule is O=C(N/N=C/c1ccc(-c2ccc(F)c(Cl)c2)o1)c1ccc(-c2csc(Nc3ccccc3)n2)cc1. The van der Waals surface area contributed by atoms with Crippen molar-refractivity contribution in [3.05, 3.63) is 112 Å². The van der Waals surface area contributed by atoms with Gasteiger partial charge in [0.15, 0.2) is 5.13 Å². The van der Waals surface area contributed by atoms with Crippen LogP contribution in [0.5, 0.6) is 0 Å². The highest BCUT2D eigenvalue weighted by Gasteiger charge is 2.09. The molecule has 5 aromatic rings. The number of amides is 1. The van der Waals surface area contributed by atoms with Crippen LogP contribution in [0.4, 0.5) is 15.2 Å². The number of aromatic nitrogens is 1. The van der Waals surface area contributed by atoms with E-state index in [1.54, 1.807) is 30.3 Å². The molecular weight excluding hydrogens is 499 g/mol. The van der Waals surface area contributed by atoms with Gasteiger partial charge in [-0.2, -0.15) is 5.10 Å². The second-order valence-electron chi connectivity index (χ2n) is 7.64. The van der Waals surface area contributed by atoms with Crippen LogP contribution in [0.15, 0.2) is 99.8 Å². The summed E-state index contributed by atoms with van der Waals surface area (Å²) in [7, 11) is 0. The molecule has 0 aliphatic heterocycles. The van der Waals surface area contributed by atoms with Crippen LogP contribution in [0.3, 0.4) is 0 Å². The summed E-state index contributed by atoms with van der Waals surface area (Å²) >= 11 is 7.33. The van der Waals surface area contributed by atoms with Gasteiger partial charge in [-0.25, -0.2) is 14.8 Å². The van der Waals surface area contributed by atoms with E-state index < -0.39 is 5.82 Å². The quantitative estimate of drug-likeness (QED) is 0.175. The average molecular weight is 517 g/mol. The van der Waals surface area contributed by atoms with E-state index in [1.807, 2.05) is 47.8 Å². The number of benzene rings is 3. The molecule has 0 atom stereocenters.